The Morgan fingerprint density at radius 3 is 2.62 bits per heavy atom. The lowest BCUT2D eigenvalue weighted by Crippen LogP contribution is -1.92. The van der Waals surface area contributed by atoms with Gasteiger partial charge < -0.3 is 4.52 Å². The van der Waals surface area contributed by atoms with E-state index in [9.17, 15) is 4.39 Å². The summed E-state index contributed by atoms with van der Waals surface area (Å²) in [5.41, 5.74) is 2.89. The molecule has 5 rings (SSSR count). The van der Waals surface area contributed by atoms with Crippen molar-refractivity contribution in [1.29, 1.82) is 0 Å². The number of rotatable bonds is 2. The summed E-state index contributed by atoms with van der Waals surface area (Å²) in [6, 6.07) is 16.2. The first-order valence-corrected chi connectivity index (χ1v) is 8.17. The lowest BCUT2D eigenvalue weighted by molar-refractivity contribution is 0.400. The first kappa shape index (κ1) is 14.8. The van der Waals surface area contributed by atoms with Crippen molar-refractivity contribution in [3.05, 3.63) is 72.4 Å². The van der Waals surface area contributed by atoms with Crippen molar-refractivity contribution >= 4 is 16.4 Å². The molecule has 0 spiro atoms. The number of aromatic nitrogens is 4. The SMILES string of the molecule is Cc1onc(-c2ccc(F)cc2)c1-c1nnc2c3ccccc3ccn12. The van der Waals surface area contributed by atoms with E-state index in [4.69, 9.17) is 4.52 Å². The molecule has 0 aliphatic rings. The third-order valence-electron chi connectivity index (χ3n) is 4.50. The molecule has 2 aromatic carbocycles. The summed E-state index contributed by atoms with van der Waals surface area (Å²) in [7, 11) is 0. The first-order valence-electron chi connectivity index (χ1n) is 8.17. The summed E-state index contributed by atoms with van der Waals surface area (Å²) in [4.78, 5) is 0. The van der Waals surface area contributed by atoms with E-state index in [1.807, 2.05) is 47.9 Å². The number of benzene rings is 2. The largest absolute Gasteiger partial charge is 0.360 e. The van der Waals surface area contributed by atoms with Gasteiger partial charge in [0.15, 0.2) is 11.5 Å². The molecule has 0 bridgehead atoms. The Bertz CT molecular complexity index is 1250. The Balaban J connectivity index is 1.78. The minimum absolute atomic E-state index is 0.296. The zero-order valence-corrected chi connectivity index (χ0v) is 13.8. The van der Waals surface area contributed by atoms with Crippen molar-refractivity contribution in [2.24, 2.45) is 0 Å². The molecule has 0 saturated carbocycles. The fraction of sp³-hybridized carbons (Fsp3) is 0.0500. The molecule has 0 radical (unpaired) electrons. The first-order chi connectivity index (χ1) is 12.7. The Kier molecular flexibility index (Phi) is 3.12. The summed E-state index contributed by atoms with van der Waals surface area (Å²) in [5.74, 6) is 0.977. The maximum Gasteiger partial charge on any atom is 0.174 e. The summed E-state index contributed by atoms with van der Waals surface area (Å²) < 4.78 is 20.6. The van der Waals surface area contributed by atoms with Crippen LogP contribution in [0, 0.1) is 12.7 Å². The van der Waals surface area contributed by atoms with Gasteiger partial charge in [0, 0.05) is 17.1 Å². The summed E-state index contributed by atoms with van der Waals surface area (Å²) in [6.45, 7) is 1.83. The van der Waals surface area contributed by atoms with Crippen molar-refractivity contribution in [1.82, 2.24) is 19.8 Å². The highest BCUT2D eigenvalue weighted by Crippen LogP contribution is 2.34. The fourth-order valence-electron chi connectivity index (χ4n) is 3.23. The Labute approximate surface area is 147 Å². The van der Waals surface area contributed by atoms with Crippen LogP contribution >= 0.6 is 0 Å². The zero-order chi connectivity index (χ0) is 17.7. The van der Waals surface area contributed by atoms with Gasteiger partial charge in [0.1, 0.15) is 17.3 Å². The molecule has 5 aromatic rings. The van der Waals surface area contributed by atoms with E-state index < -0.39 is 0 Å². The van der Waals surface area contributed by atoms with E-state index in [2.05, 4.69) is 15.4 Å². The molecule has 0 fully saturated rings. The monoisotopic (exact) mass is 344 g/mol. The second-order valence-corrected chi connectivity index (χ2v) is 6.09. The van der Waals surface area contributed by atoms with Gasteiger partial charge in [-0.25, -0.2) is 4.39 Å². The predicted octanol–water partition coefficient (Wildman–Crippen LogP) is 4.65. The molecule has 5 nitrogen and oxygen atoms in total. The number of halogens is 1. The molecule has 6 heteroatoms. The van der Waals surface area contributed by atoms with Crippen LogP contribution in [0.2, 0.25) is 0 Å². The van der Waals surface area contributed by atoms with E-state index in [0.29, 0.717) is 17.3 Å². The smallest absolute Gasteiger partial charge is 0.174 e. The van der Waals surface area contributed by atoms with Crippen molar-refractivity contribution in [2.45, 2.75) is 6.92 Å². The van der Waals surface area contributed by atoms with Crippen LogP contribution in [0.25, 0.3) is 39.1 Å². The summed E-state index contributed by atoms with van der Waals surface area (Å²) in [6.07, 6.45) is 1.94. The number of pyridine rings is 1. The van der Waals surface area contributed by atoms with Crippen molar-refractivity contribution in [3.8, 4) is 22.6 Å². The Hall–Kier alpha value is -3.54. The van der Waals surface area contributed by atoms with Gasteiger partial charge in [0.2, 0.25) is 0 Å². The van der Waals surface area contributed by atoms with Gasteiger partial charge in [-0.2, -0.15) is 0 Å². The van der Waals surface area contributed by atoms with Gasteiger partial charge in [-0.3, -0.25) is 4.40 Å². The van der Waals surface area contributed by atoms with E-state index >= 15 is 0 Å². The summed E-state index contributed by atoms with van der Waals surface area (Å²) in [5, 5.41) is 15.0. The van der Waals surface area contributed by atoms with Gasteiger partial charge in [0.05, 0.1) is 5.56 Å². The lowest BCUT2D eigenvalue weighted by atomic mass is 10.1. The third-order valence-corrected chi connectivity index (χ3v) is 4.50. The Morgan fingerprint density at radius 1 is 0.962 bits per heavy atom. The van der Waals surface area contributed by atoms with Crippen LogP contribution in [-0.2, 0) is 0 Å². The lowest BCUT2D eigenvalue weighted by Gasteiger charge is -2.04. The maximum absolute atomic E-state index is 13.3. The highest BCUT2D eigenvalue weighted by atomic mass is 19.1. The predicted molar refractivity (Wildman–Crippen MR) is 96.1 cm³/mol. The van der Waals surface area contributed by atoms with Gasteiger partial charge in [0.25, 0.3) is 0 Å². The number of hydrogen-bond acceptors (Lipinski definition) is 4. The molecule has 0 N–H and O–H groups in total. The van der Waals surface area contributed by atoms with E-state index in [1.54, 1.807) is 12.1 Å². The van der Waals surface area contributed by atoms with Crippen LogP contribution in [0.3, 0.4) is 0 Å². The average molecular weight is 344 g/mol. The molecule has 0 unspecified atom stereocenters. The van der Waals surface area contributed by atoms with Crippen LogP contribution in [0.4, 0.5) is 4.39 Å². The second-order valence-electron chi connectivity index (χ2n) is 6.09. The molecule has 3 heterocycles. The number of aryl methyl sites for hydroxylation is 1. The molecule has 0 amide bonds. The second kappa shape index (κ2) is 5.49. The standard InChI is InChI=1S/C20H13FN4O/c1-12-17(18(24-26-12)14-6-8-15(21)9-7-14)20-23-22-19-16-5-3-2-4-13(16)10-11-25(19)20/h2-11H,1H3. The zero-order valence-electron chi connectivity index (χ0n) is 13.8. The van der Waals surface area contributed by atoms with Crippen LogP contribution in [0.1, 0.15) is 5.76 Å². The maximum atomic E-state index is 13.3. The normalized spacial score (nSPS) is 11.5. The van der Waals surface area contributed by atoms with Gasteiger partial charge in [-0.05, 0) is 42.6 Å². The molecule has 3 aromatic heterocycles. The molecule has 26 heavy (non-hydrogen) atoms. The average Bonchev–Trinajstić information content (AvgIpc) is 3.25. The molecular weight excluding hydrogens is 331 g/mol. The van der Waals surface area contributed by atoms with Gasteiger partial charge >= 0.3 is 0 Å². The molecule has 0 aliphatic heterocycles. The minimum Gasteiger partial charge on any atom is -0.360 e. The minimum atomic E-state index is -0.296. The third kappa shape index (κ3) is 2.12. The number of hydrogen-bond donors (Lipinski definition) is 0. The molecule has 0 saturated heterocycles. The molecule has 126 valence electrons. The van der Waals surface area contributed by atoms with Crippen molar-refractivity contribution in [2.75, 3.05) is 0 Å². The van der Waals surface area contributed by atoms with Gasteiger partial charge in [-0.1, -0.05) is 29.4 Å². The summed E-state index contributed by atoms with van der Waals surface area (Å²) >= 11 is 0. The number of nitrogens with zero attached hydrogens (tertiary/aromatic N) is 4. The number of fused-ring (bicyclic) bond motifs is 3. The Morgan fingerprint density at radius 2 is 1.77 bits per heavy atom. The highest BCUT2D eigenvalue weighted by molar-refractivity contribution is 5.94. The van der Waals surface area contributed by atoms with Crippen LogP contribution in [0.5, 0.6) is 0 Å². The van der Waals surface area contributed by atoms with E-state index in [-0.39, 0.29) is 5.82 Å². The van der Waals surface area contributed by atoms with E-state index in [1.165, 1.54) is 12.1 Å². The highest BCUT2D eigenvalue weighted by Gasteiger charge is 2.22. The van der Waals surface area contributed by atoms with Crippen LogP contribution in [-0.4, -0.2) is 19.8 Å². The van der Waals surface area contributed by atoms with Crippen LogP contribution in [0.15, 0.2) is 65.3 Å². The molecule has 0 atom stereocenters. The molecular formula is C20H13FN4O. The van der Waals surface area contributed by atoms with Crippen molar-refractivity contribution in [3.63, 3.8) is 0 Å². The fourth-order valence-corrected chi connectivity index (χ4v) is 3.23. The van der Waals surface area contributed by atoms with Gasteiger partial charge in [-0.15, -0.1) is 10.2 Å². The van der Waals surface area contributed by atoms with E-state index in [0.717, 1.165) is 27.5 Å². The van der Waals surface area contributed by atoms with Crippen LogP contribution < -0.4 is 0 Å². The van der Waals surface area contributed by atoms with Crippen molar-refractivity contribution < 1.29 is 8.91 Å². The topological polar surface area (TPSA) is 56.2 Å². The molecule has 0 aliphatic carbocycles. The quantitative estimate of drug-likeness (QED) is 0.468.